The Balaban J connectivity index is 2.52. The van der Waals surface area contributed by atoms with Gasteiger partial charge in [0.05, 0.1) is 15.6 Å². The molecule has 2 aromatic rings. The van der Waals surface area contributed by atoms with E-state index in [-0.39, 0.29) is 16.4 Å². The smallest absolute Gasteiger partial charge is 0.271 e. The van der Waals surface area contributed by atoms with Gasteiger partial charge in [-0.05, 0) is 30.2 Å². The summed E-state index contributed by atoms with van der Waals surface area (Å²) in [6.45, 7) is 2.00. The highest BCUT2D eigenvalue weighted by Crippen LogP contribution is 2.34. The monoisotopic (exact) mass is 304 g/mol. The second kappa shape index (κ2) is 6.37. The zero-order chi connectivity index (χ0) is 15.4. The fourth-order valence-corrected chi connectivity index (χ4v) is 2.19. The molecule has 0 bridgehead atoms. The van der Waals surface area contributed by atoms with Crippen LogP contribution in [0.2, 0.25) is 5.02 Å². The van der Waals surface area contributed by atoms with E-state index in [1.54, 1.807) is 6.07 Å². The van der Waals surface area contributed by atoms with Crippen LogP contribution in [0.4, 0.5) is 17.1 Å². The molecule has 2 rings (SSSR count). The Labute approximate surface area is 126 Å². The number of non-ortho nitro benzene ring substituents is 1. The van der Waals surface area contributed by atoms with Crippen LogP contribution in [0.25, 0.3) is 0 Å². The van der Waals surface area contributed by atoms with Crippen LogP contribution in [0.1, 0.15) is 12.5 Å². The molecule has 0 saturated heterocycles. The van der Waals surface area contributed by atoms with Crippen LogP contribution in [0.15, 0.2) is 42.5 Å². The number of amides is 1. The van der Waals surface area contributed by atoms with E-state index >= 15 is 0 Å². The number of carbonyl (C=O) groups is 1. The maximum atomic E-state index is 11.4. The Morgan fingerprint density at radius 3 is 2.67 bits per heavy atom. The molecule has 0 aliphatic rings. The van der Waals surface area contributed by atoms with Crippen LogP contribution in [0.3, 0.4) is 0 Å². The number of hydrogen-bond donors (Lipinski definition) is 0. The summed E-state index contributed by atoms with van der Waals surface area (Å²) in [5.41, 5.74) is 1.84. The number of hydrogen-bond acceptors (Lipinski definition) is 3. The predicted octanol–water partition coefficient (Wildman–Crippen LogP) is 4.11. The highest BCUT2D eigenvalue weighted by molar-refractivity contribution is 6.34. The predicted molar refractivity (Wildman–Crippen MR) is 82.1 cm³/mol. The molecule has 0 N–H and O–H groups in total. The molecule has 0 aliphatic carbocycles. The summed E-state index contributed by atoms with van der Waals surface area (Å²) in [5.74, 6) is 0. The maximum Gasteiger partial charge on any atom is 0.271 e. The quantitative estimate of drug-likeness (QED) is 0.474. The molecule has 0 radical (unpaired) electrons. The summed E-state index contributed by atoms with van der Waals surface area (Å²) in [5, 5.41) is 11.1. The van der Waals surface area contributed by atoms with Gasteiger partial charge in [0, 0.05) is 17.8 Å². The average Bonchev–Trinajstić information content (AvgIpc) is 2.50. The number of benzene rings is 2. The van der Waals surface area contributed by atoms with Crippen LogP contribution in [0.5, 0.6) is 0 Å². The first kappa shape index (κ1) is 15.0. The lowest BCUT2D eigenvalue weighted by Gasteiger charge is -2.19. The number of rotatable bonds is 5. The van der Waals surface area contributed by atoms with Crippen molar-refractivity contribution in [2.24, 2.45) is 0 Å². The highest BCUT2D eigenvalue weighted by Gasteiger charge is 2.16. The Hall–Kier alpha value is -2.40. The average molecular weight is 305 g/mol. The van der Waals surface area contributed by atoms with E-state index in [0.29, 0.717) is 12.1 Å². The molecule has 1 amide bonds. The topological polar surface area (TPSA) is 63.5 Å². The van der Waals surface area contributed by atoms with Crippen molar-refractivity contribution in [2.45, 2.75) is 13.3 Å². The fourth-order valence-electron chi connectivity index (χ4n) is 1.98. The first-order valence-corrected chi connectivity index (χ1v) is 6.72. The first-order valence-electron chi connectivity index (χ1n) is 6.34. The lowest BCUT2D eigenvalue weighted by atomic mass is 10.1. The summed E-state index contributed by atoms with van der Waals surface area (Å²) >= 11 is 6.07. The van der Waals surface area contributed by atoms with Crippen molar-refractivity contribution in [3.8, 4) is 0 Å². The Bertz CT molecular complexity index is 688. The minimum Gasteiger partial charge on any atom is -0.282 e. The van der Waals surface area contributed by atoms with Crippen LogP contribution in [-0.2, 0) is 11.2 Å². The number of anilines is 2. The normalized spacial score (nSPS) is 10.2. The van der Waals surface area contributed by atoms with Crippen molar-refractivity contribution in [2.75, 3.05) is 4.90 Å². The summed E-state index contributed by atoms with van der Waals surface area (Å²) in [6.07, 6.45) is 1.42. The highest BCUT2D eigenvalue weighted by atomic mass is 35.5. The molecule has 5 nitrogen and oxygen atoms in total. The van der Waals surface area contributed by atoms with E-state index in [1.807, 2.05) is 25.1 Å². The van der Waals surface area contributed by atoms with Crippen LogP contribution in [0, 0.1) is 10.1 Å². The van der Waals surface area contributed by atoms with Crippen molar-refractivity contribution in [1.29, 1.82) is 0 Å². The largest absolute Gasteiger partial charge is 0.282 e. The number of halogens is 1. The van der Waals surface area contributed by atoms with Crippen LogP contribution in [-0.4, -0.2) is 11.3 Å². The molecular formula is C15H13ClN2O3. The molecule has 0 heterocycles. The summed E-state index contributed by atoms with van der Waals surface area (Å²) < 4.78 is 0. The summed E-state index contributed by atoms with van der Waals surface area (Å²) in [4.78, 5) is 23.1. The molecule has 0 spiro atoms. The van der Waals surface area contributed by atoms with Gasteiger partial charge in [-0.15, -0.1) is 0 Å². The zero-order valence-electron chi connectivity index (χ0n) is 11.3. The van der Waals surface area contributed by atoms with Gasteiger partial charge in [0.15, 0.2) is 0 Å². The third-order valence-electron chi connectivity index (χ3n) is 3.10. The zero-order valence-corrected chi connectivity index (χ0v) is 12.1. The minimum atomic E-state index is -0.523. The van der Waals surface area contributed by atoms with E-state index < -0.39 is 4.92 Å². The van der Waals surface area contributed by atoms with Gasteiger partial charge in [-0.2, -0.15) is 0 Å². The maximum absolute atomic E-state index is 11.4. The molecule has 21 heavy (non-hydrogen) atoms. The molecule has 0 fully saturated rings. The SMILES string of the molecule is CCc1cccc(N(C=O)c2cc([N+](=O)[O-])ccc2Cl)c1. The Morgan fingerprint density at radius 2 is 2.05 bits per heavy atom. The van der Waals surface area contributed by atoms with Crippen molar-refractivity contribution in [3.05, 3.63) is 63.2 Å². The fraction of sp³-hybridized carbons (Fsp3) is 0.133. The van der Waals surface area contributed by atoms with E-state index in [4.69, 9.17) is 11.6 Å². The van der Waals surface area contributed by atoms with Gasteiger partial charge in [-0.25, -0.2) is 0 Å². The van der Waals surface area contributed by atoms with Crippen molar-refractivity contribution >= 4 is 35.1 Å². The summed E-state index contributed by atoms with van der Waals surface area (Å²) in [6, 6.07) is 11.4. The Morgan fingerprint density at radius 1 is 1.29 bits per heavy atom. The van der Waals surface area contributed by atoms with Crippen LogP contribution >= 0.6 is 11.6 Å². The van der Waals surface area contributed by atoms with Gasteiger partial charge >= 0.3 is 0 Å². The van der Waals surface area contributed by atoms with E-state index in [9.17, 15) is 14.9 Å². The van der Waals surface area contributed by atoms with Gasteiger partial charge in [-0.3, -0.25) is 19.8 Å². The summed E-state index contributed by atoms with van der Waals surface area (Å²) in [7, 11) is 0. The van der Waals surface area contributed by atoms with Crippen molar-refractivity contribution in [3.63, 3.8) is 0 Å². The lowest BCUT2D eigenvalue weighted by Crippen LogP contribution is -2.15. The molecule has 0 aliphatic heterocycles. The van der Waals surface area contributed by atoms with E-state index in [1.165, 1.54) is 23.1 Å². The molecule has 6 heteroatoms. The van der Waals surface area contributed by atoms with Gasteiger partial charge in [0.25, 0.3) is 5.69 Å². The second-order valence-corrected chi connectivity index (χ2v) is 4.80. The van der Waals surface area contributed by atoms with Gasteiger partial charge in [-0.1, -0.05) is 30.7 Å². The van der Waals surface area contributed by atoms with Crippen molar-refractivity contribution in [1.82, 2.24) is 0 Å². The molecule has 0 saturated carbocycles. The third kappa shape index (κ3) is 3.20. The minimum absolute atomic E-state index is 0.118. The Kier molecular flexibility index (Phi) is 4.55. The molecule has 108 valence electrons. The lowest BCUT2D eigenvalue weighted by molar-refractivity contribution is -0.384. The number of nitro benzene ring substituents is 1. The molecule has 0 unspecified atom stereocenters. The van der Waals surface area contributed by atoms with Crippen LogP contribution < -0.4 is 4.90 Å². The number of aryl methyl sites for hydroxylation is 1. The standard InChI is InChI=1S/C15H13ClN2O3/c1-2-11-4-3-5-12(8-11)17(10-19)15-9-13(18(20)21)6-7-14(15)16/h3-10H,2H2,1H3. The van der Waals surface area contributed by atoms with Gasteiger partial charge in [0.2, 0.25) is 6.41 Å². The van der Waals surface area contributed by atoms with Gasteiger partial charge in [0.1, 0.15) is 0 Å². The molecule has 0 atom stereocenters. The van der Waals surface area contributed by atoms with E-state index in [2.05, 4.69) is 0 Å². The third-order valence-corrected chi connectivity index (χ3v) is 3.42. The molecule has 0 aromatic heterocycles. The molecular weight excluding hydrogens is 292 g/mol. The van der Waals surface area contributed by atoms with E-state index in [0.717, 1.165) is 12.0 Å². The second-order valence-electron chi connectivity index (χ2n) is 4.39. The number of nitrogens with zero attached hydrogens (tertiary/aromatic N) is 2. The number of carbonyl (C=O) groups excluding carboxylic acids is 1. The van der Waals surface area contributed by atoms with Crippen molar-refractivity contribution < 1.29 is 9.72 Å². The first-order chi connectivity index (χ1) is 10.1. The number of nitro groups is 1. The molecule has 2 aromatic carbocycles. The van der Waals surface area contributed by atoms with Gasteiger partial charge < -0.3 is 0 Å².